The van der Waals surface area contributed by atoms with Crippen LogP contribution in [0.5, 0.6) is 5.75 Å². The van der Waals surface area contributed by atoms with Crippen molar-refractivity contribution < 1.29 is 9.66 Å². The van der Waals surface area contributed by atoms with Gasteiger partial charge in [0, 0.05) is 12.1 Å². The van der Waals surface area contributed by atoms with Crippen LogP contribution in [0, 0.1) is 17.0 Å². The van der Waals surface area contributed by atoms with Crippen LogP contribution in [0.15, 0.2) is 30.3 Å². The maximum Gasteiger partial charge on any atom is 0.269 e. The minimum absolute atomic E-state index is 0.0231. The third-order valence-corrected chi connectivity index (χ3v) is 3.02. The zero-order valence-electron chi connectivity index (χ0n) is 10.7. The number of nitrogen functional groups attached to an aromatic ring is 1. The number of aryl methyl sites for hydroxylation is 1. The van der Waals surface area contributed by atoms with Crippen molar-refractivity contribution in [2.24, 2.45) is 0 Å². The molecule has 0 fully saturated rings. The molecule has 0 saturated heterocycles. The molecule has 0 aliphatic rings. The normalized spacial score (nSPS) is 10.3. The lowest BCUT2D eigenvalue weighted by molar-refractivity contribution is -0.384. The second kappa shape index (κ2) is 5.75. The Morgan fingerprint density at radius 3 is 2.80 bits per heavy atom. The van der Waals surface area contributed by atoms with E-state index in [-0.39, 0.29) is 12.3 Å². The fourth-order valence-electron chi connectivity index (χ4n) is 1.66. The van der Waals surface area contributed by atoms with Gasteiger partial charge in [-0.1, -0.05) is 11.6 Å². The van der Waals surface area contributed by atoms with Crippen molar-refractivity contribution in [1.29, 1.82) is 0 Å². The molecule has 6 nitrogen and oxygen atoms in total. The first kappa shape index (κ1) is 14.1. The first-order valence-corrected chi connectivity index (χ1v) is 6.14. The summed E-state index contributed by atoms with van der Waals surface area (Å²) >= 11 is 5.98. The number of nitro benzene ring substituents is 1. The second-order valence-corrected chi connectivity index (χ2v) is 4.57. The molecule has 104 valence electrons. The minimum atomic E-state index is -0.451. The van der Waals surface area contributed by atoms with Crippen molar-refractivity contribution in [3.63, 3.8) is 0 Å². The highest BCUT2D eigenvalue weighted by Gasteiger charge is 2.10. The van der Waals surface area contributed by atoms with Crippen LogP contribution in [0.4, 0.5) is 11.5 Å². The zero-order chi connectivity index (χ0) is 14.7. The SMILES string of the molecule is Cc1cc([N+](=O)[O-])ccc1OCc1nc(N)ccc1Cl. The van der Waals surface area contributed by atoms with E-state index >= 15 is 0 Å². The molecule has 7 heteroatoms. The van der Waals surface area contributed by atoms with E-state index in [4.69, 9.17) is 22.1 Å². The molecule has 2 aromatic rings. The number of hydrogen-bond acceptors (Lipinski definition) is 5. The fraction of sp³-hybridized carbons (Fsp3) is 0.154. The number of aromatic nitrogens is 1. The molecule has 1 aromatic heterocycles. The van der Waals surface area contributed by atoms with Crippen molar-refractivity contribution in [3.8, 4) is 5.75 Å². The lowest BCUT2D eigenvalue weighted by Crippen LogP contribution is -2.02. The van der Waals surface area contributed by atoms with Gasteiger partial charge in [-0.25, -0.2) is 4.98 Å². The van der Waals surface area contributed by atoms with Crippen molar-refractivity contribution in [1.82, 2.24) is 4.98 Å². The van der Waals surface area contributed by atoms with E-state index in [1.807, 2.05) is 0 Å². The molecular weight excluding hydrogens is 282 g/mol. The summed E-state index contributed by atoms with van der Waals surface area (Å²) in [6, 6.07) is 7.63. The summed E-state index contributed by atoms with van der Waals surface area (Å²) < 4.78 is 5.57. The number of benzene rings is 1. The van der Waals surface area contributed by atoms with E-state index in [1.165, 1.54) is 12.1 Å². The largest absolute Gasteiger partial charge is 0.487 e. The third-order valence-electron chi connectivity index (χ3n) is 2.67. The van der Waals surface area contributed by atoms with Gasteiger partial charge >= 0.3 is 0 Å². The summed E-state index contributed by atoms with van der Waals surface area (Å²) in [4.78, 5) is 14.3. The molecule has 2 rings (SSSR count). The summed E-state index contributed by atoms with van der Waals surface area (Å²) in [7, 11) is 0. The smallest absolute Gasteiger partial charge is 0.269 e. The maximum atomic E-state index is 10.6. The molecular formula is C13H12ClN3O3. The van der Waals surface area contributed by atoms with Crippen molar-refractivity contribution in [3.05, 3.63) is 56.7 Å². The highest BCUT2D eigenvalue weighted by atomic mass is 35.5. The number of nitrogens with zero attached hydrogens (tertiary/aromatic N) is 2. The monoisotopic (exact) mass is 293 g/mol. The maximum absolute atomic E-state index is 10.6. The van der Waals surface area contributed by atoms with Crippen LogP contribution in [-0.4, -0.2) is 9.91 Å². The summed E-state index contributed by atoms with van der Waals surface area (Å²) in [6.45, 7) is 1.87. The first-order chi connectivity index (χ1) is 9.47. The lowest BCUT2D eigenvalue weighted by Gasteiger charge is -2.09. The van der Waals surface area contributed by atoms with E-state index in [0.717, 1.165) is 0 Å². The molecule has 1 heterocycles. The summed E-state index contributed by atoms with van der Waals surface area (Å²) in [6.07, 6.45) is 0. The zero-order valence-corrected chi connectivity index (χ0v) is 11.4. The number of ether oxygens (including phenoxy) is 1. The van der Waals surface area contributed by atoms with Gasteiger partial charge < -0.3 is 10.5 Å². The Morgan fingerprint density at radius 2 is 2.15 bits per heavy atom. The summed E-state index contributed by atoms with van der Waals surface area (Å²) in [5, 5.41) is 11.1. The van der Waals surface area contributed by atoms with Crippen LogP contribution in [-0.2, 0) is 6.61 Å². The van der Waals surface area contributed by atoms with Gasteiger partial charge in [0.1, 0.15) is 18.2 Å². The topological polar surface area (TPSA) is 91.3 Å². The first-order valence-electron chi connectivity index (χ1n) is 5.76. The number of nitro groups is 1. The lowest BCUT2D eigenvalue weighted by atomic mass is 10.2. The van der Waals surface area contributed by atoms with E-state index in [9.17, 15) is 10.1 Å². The number of nitrogens with two attached hydrogens (primary N) is 1. The van der Waals surface area contributed by atoms with E-state index in [2.05, 4.69) is 4.98 Å². The Kier molecular flexibility index (Phi) is 4.05. The number of halogens is 1. The highest BCUT2D eigenvalue weighted by molar-refractivity contribution is 6.31. The predicted molar refractivity (Wildman–Crippen MR) is 75.8 cm³/mol. The van der Waals surface area contributed by atoms with Crippen LogP contribution >= 0.6 is 11.6 Å². The molecule has 0 spiro atoms. The molecule has 0 amide bonds. The van der Waals surface area contributed by atoms with Gasteiger partial charge in [-0.15, -0.1) is 0 Å². The van der Waals surface area contributed by atoms with Gasteiger partial charge in [0.05, 0.1) is 15.6 Å². The summed E-state index contributed by atoms with van der Waals surface area (Å²) in [5.74, 6) is 0.893. The molecule has 0 atom stereocenters. The number of hydrogen-bond donors (Lipinski definition) is 1. The van der Waals surface area contributed by atoms with Crippen LogP contribution in [0.1, 0.15) is 11.3 Å². The summed E-state index contributed by atoms with van der Waals surface area (Å²) in [5.41, 5.74) is 6.79. The van der Waals surface area contributed by atoms with Crippen LogP contribution in [0.3, 0.4) is 0 Å². The average Bonchev–Trinajstić information content (AvgIpc) is 2.40. The molecule has 0 aliphatic carbocycles. The number of pyridine rings is 1. The minimum Gasteiger partial charge on any atom is -0.487 e. The third kappa shape index (κ3) is 3.16. The van der Waals surface area contributed by atoms with Crippen molar-refractivity contribution in [2.75, 3.05) is 5.73 Å². The van der Waals surface area contributed by atoms with E-state index < -0.39 is 4.92 Å². The molecule has 0 unspecified atom stereocenters. The van der Waals surface area contributed by atoms with Gasteiger partial charge in [0.15, 0.2) is 0 Å². The standard InChI is InChI=1S/C13H12ClN3O3/c1-8-6-9(17(18)19)2-4-12(8)20-7-11-10(14)3-5-13(15)16-11/h2-6H,7H2,1H3,(H2,15,16). The molecule has 0 aliphatic heterocycles. The second-order valence-electron chi connectivity index (χ2n) is 4.16. The Balaban J connectivity index is 2.15. The number of rotatable bonds is 4. The Labute approximate surface area is 120 Å². The van der Waals surface area contributed by atoms with Gasteiger partial charge in [-0.3, -0.25) is 10.1 Å². The number of anilines is 1. The average molecular weight is 294 g/mol. The molecule has 1 aromatic carbocycles. The van der Waals surface area contributed by atoms with Crippen LogP contribution in [0.2, 0.25) is 5.02 Å². The van der Waals surface area contributed by atoms with Crippen molar-refractivity contribution >= 4 is 23.1 Å². The van der Waals surface area contributed by atoms with Gasteiger partial charge in [-0.05, 0) is 30.7 Å². The fourth-order valence-corrected chi connectivity index (χ4v) is 1.82. The van der Waals surface area contributed by atoms with Gasteiger partial charge in [-0.2, -0.15) is 0 Å². The Bertz CT molecular complexity index is 661. The van der Waals surface area contributed by atoms with Gasteiger partial charge in [0.25, 0.3) is 5.69 Å². The van der Waals surface area contributed by atoms with Crippen LogP contribution in [0.25, 0.3) is 0 Å². The molecule has 0 radical (unpaired) electrons. The van der Waals surface area contributed by atoms with E-state index in [0.29, 0.717) is 27.8 Å². The van der Waals surface area contributed by atoms with Gasteiger partial charge in [0.2, 0.25) is 0 Å². The molecule has 2 N–H and O–H groups in total. The van der Waals surface area contributed by atoms with Crippen molar-refractivity contribution in [2.45, 2.75) is 13.5 Å². The highest BCUT2D eigenvalue weighted by Crippen LogP contribution is 2.25. The molecule has 20 heavy (non-hydrogen) atoms. The van der Waals surface area contributed by atoms with Crippen LogP contribution < -0.4 is 10.5 Å². The molecule has 0 saturated carbocycles. The Hall–Kier alpha value is -2.34. The molecule has 0 bridgehead atoms. The predicted octanol–water partition coefficient (Wildman–Crippen LogP) is 3.11. The Morgan fingerprint density at radius 1 is 1.40 bits per heavy atom. The van der Waals surface area contributed by atoms with E-state index in [1.54, 1.807) is 25.1 Å². The quantitative estimate of drug-likeness (QED) is 0.691. The number of non-ortho nitro benzene ring substituents is 1.